The number of aryl methyl sites for hydroxylation is 3. The zero-order valence-corrected chi connectivity index (χ0v) is 11.2. The fourth-order valence-electron chi connectivity index (χ4n) is 1.81. The van der Waals surface area contributed by atoms with Crippen LogP contribution in [0.1, 0.15) is 22.2 Å². The molecule has 0 atom stereocenters. The molecule has 3 aromatic rings. The first-order chi connectivity index (χ1) is 8.63. The molecule has 1 N–H and O–H groups in total. The number of hydrogen-bond acceptors (Lipinski definition) is 6. The molecule has 0 unspecified atom stereocenters. The normalized spacial score (nSPS) is 11.3. The standard InChI is InChI=1S/C11H13N5OS/c1-6-4-10(15-17-6)12-5-9-7(2)13-11-16(9)14-8(3)18-11/h4H,5H2,1-3H3,(H,12,15). The van der Waals surface area contributed by atoms with Gasteiger partial charge in [0.25, 0.3) is 0 Å². The molecule has 0 aromatic carbocycles. The minimum absolute atomic E-state index is 0.627. The summed E-state index contributed by atoms with van der Waals surface area (Å²) in [5.41, 5.74) is 2.04. The van der Waals surface area contributed by atoms with Crippen molar-refractivity contribution in [2.24, 2.45) is 0 Å². The summed E-state index contributed by atoms with van der Waals surface area (Å²) in [6, 6.07) is 1.86. The van der Waals surface area contributed by atoms with Gasteiger partial charge < -0.3 is 9.84 Å². The summed E-state index contributed by atoms with van der Waals surface area (Å²) in [6.45, 7) is 6.46. The van der Waals surface area contributed by atoms with Crippen LogP contribution in [-0.2, 0) is 6.54 Å². The summed E-state index contributed by atoms with van der Waals surface area (Å²) < 4.78 is 6.89. The van der Waals surface area contributed by atoms with Crippen molar-refractivity contribution in [3.63, 3.8) is 0 Å². The van der Waals surface area contributed by atoms with E-state index in [9.17, 15) is 0 Å². The molecule has 6 nitrogen and oxygen atoms in total. The lowest BCUT2D eigenvalue weighted by Gasteiger charge is -2.01. The van der Waals surface area contributed by atoms with E-state index in [0.29, 0.717) is 6.54 Å². The van der Waals surface area contributed by atoms with Crippen molar-refractivity contribution >= 4 is 22.1 Å². The van der Waals surface area contributed by atoms with Gasteiger partial charge in [0.1, 0.15) is 10.8 Å². The average molecular weight is 263 g/mol. The van der Waals surface area contributed by atoms with Crippen molar-refractivity contribution in [2.75, 3.05) is 5.32 Å². The highest BCUT2D eigenvalue weighted by Gasteiger charge is 2.12. The van der Waals surface area contributed by atoms with Crippen LogP contribution in [0.3, 0.4) is 0 Å². The number of aromatic nitrogens is 4. The van der Waals surface area contributed by atoms with Crippen LogP contribution >= 0.6 is 11.3 Å². The minimum atomic E-state index is 0.627. The van der Waals surface area contributed by atoms with Crippen LogP contribution in [0.2, 0.25) is 0 Å². The molecule has 0 saturated carbocycles. The van der Waals surface area contributed by atoms with Gasteiger partial charge in [-0.2, -0.15) is 5.10 Å². The minimum Gasteiger partial charge on any atom is -0.362 e. The lowest BCUT2D eigenvalue weighted by atomic mass is 10.3. The Kier molecular flexibility index (Phi) is 2.55. The summed E-state index contributed by atoms with van der Waals surface area (Å²) in [6.07, 6.45) is 0. The first kappa shape index (κ1) is 11.2. The van der Waals surface area contributed by atoms with Crippen LogP contribution in [0.25, 0.3) is 4.96 Å². The van der Waals surface area contributed by atoms with E-state index in [-0.39, 0.29) is 0 Å². The second kappa shape index (κ2) is 4.09. The topological polar surface area (TPSA) is 68.2 Å². The van der Waals surface area contributed by atoms with E-state index in [1.165, 1.54) is 0 Å². The number of nitrogens with one attached hydrogen (secondary N) is 1. The second-order valence-corrected chi connectivity index (χ2v) is 5.30. The number of rotatable bonds is 3. The van der Waals surface area contributed by atoms with E-state index in [0.717, 1.165) is 32.9 Å². The Balaban J connectivity index is 1.87. The summed E-state index contributed by atoms with van der Waals surface area (Å²) in [7, 11) is 0. The van der Waals surface area contributed by atoms with Crippen molar-refractivity contribution in [3.8, 4) is 0 Å². The molecule has 0 saturated heterocycles. The van der Waals surface area contributed by atoms with Crippen LogP contribution < -0.4 is 5.32 Å². The van der Waals surface area contributed by atoms with Crippen molar-refractivity contribution in [2.45, 2.75) is 27.3 Å². The second-order valence-electron chi connectivity index (χ2n) is 4.14. The van der Waals surface area contributed by atoms with Crippen LogP contribution in [0.4, 0.5) is 5.82 Å². The van der Waals surface area contributed by atoms with Crippen LogP contribution in [0, 0.1) is 20.8 Å². The predicted octanol–water partition coefficient (Wildman–Crippen LogP) is 2.32. The van der Waals surface area contributed by atoms with E-state index in [1.807, 2.05) is 31.4 Å². The molecule has 0 aliphatic rings. The number of hydrogen-bond donors (Lipinski definition) is 1. The lowest BCUT2D eigenvalue weighted by molar-refractivity contribution is 0.399. The molecule has 7 heteroatoms. The van der Waals surface area contributed by atoms with Crippen LogP contribution in [0.15, 0.2) is 10.6 Å². The number of fused-ring (bicyclic) bond motifs is 1. The number of imidazole rings is 1. The molecule has 94 valence electrons. The molecular weight excluding hydrogens is 250 g/mol. The van der Waals surface area contributed by atoms with Crippen molar-refractivity contribution < 1.29 is 4.52 Å². The van der Waals surface area contributed by atoms with Gasteiger partial charge in [0.15, 0.2) is 5.82 Å². The summed E-state index contributed by atoms with van der Waals surface area (Å²) in [4.78, 5) is 5.42. The first-order valence-electron chi connectivity index (χ1n) is 5.62. The predicted molar refractivity (Wildman–Crippen MR) is 68.9 cm³/mol. The Morgan fingerprint density at radius 2 is 2.22 bits per heavy atom. The Morgan fingerprint density at radius 1 is 1.39 bits per heavy atom. The van der Waals surface area contributed by atoms with E-state index >= 15 is 0 Å². The molecule has 0 amide bonds. The Labute approximate surface area is 108 Å². The van der Waals surface area contributed by atoms with Gasteiger partial charge >= 0.3 is 0 Å². The van der Waals surface area contributed by atoms with Gasteiger partial charge in [-0.3, -0.25) is 0 Å². The van der Waals surface area contributed by atoms with Gasteiger partial charge in [-0.15, -0.1) is 0 Å². The lowest BCUT2D eigenvalue weighted by Crippen LogP contribution is -2.05. The van der Waals surface area contributed by atoms with Gasteiger partial charge in [-0.1, -0.05) is 16.5 Å². The smallest absolute Gasteiger partial charge is 0.212 e. The Bertz CT molecular complexity index is 695. The number of anilines is 1. The molecule has 3 aromatic heterocycles. The van der Waals surface area contributed by atoms with Gasteiger partial charge in [-0.05, 0) is 20.8 Å². The maximum Gasteiger partial charge on any atom is 0.212 e. The zero-order chi connectivity index (χ0) is 12.7. The molecule has 3 heterocycles. The molecule has 0 aliphatic carbocycles. The Hall–Kier alpha value is -1.89. The quantitative estimate of drug-likeness (QED) is 0.785. The largest absolute Gasteiger partial charge is 0.362 e. The average Bonchev–Trinajstić information content (AvgIpc) is 2.92. The zero-order valence-electron chi connectivity index (χ0n) is 10.4. The van der Waals surface area contributed by atoms with Gasteiger partial charge in [-0.25, -0.2) is 9.50 Å². The van der Waals surface area contributed by atoms with Crippen molar-refractivity contribution in [1.82, 2.24) is 19.8 Å². The van der Waals surface area contributed by atoms with E-state index < -0.39 is 0 Å². The highest BCUT2D eigenvalue weighted by molar-refractivity contribution is 7.16. The Morgan fingerprint density at radius 3 is 2.94 bits per heavy atom. The fraction of sp³-hybridized carbons (Fsp3) is 0.364. The first-order valence-corrected chi connectivity index (χ1v) is 6.44. The molecule has 0 aliphatic heterocycles. The highest BCUT2D eigenvalue weighted by Crippen LogP contribution is 2.19. The van der Waals surface area contributed by atoms with Gasteiger partial charge in [0.05, 0.1) is 17.9 Å². The summed E-state index contributed by atoms with van der Waals surface area (Å²) in [5, 5.41) is 12.6. The number of nitrogens with zero attached hydrogens (tertiary/aromatic N) is 4. The molecule has 0 spiro atoms. The molecule has 0 fully saturated rings. The molecular formula is C11H13N5OS. The summed E-state index contributed by atoms with van der Waals surface area (Å²) in [5.74, 6) is 1.52. The van der Waals surface area contributed by atoms with Crippen LogP contribution in [-0.4, -0.2) is 19.8 Å². The monoisotopic (exact) mass is 263 g/mol. The van der Waals surface area contributed by atoms with Crippen molar-refractivity contribution in [1.29, 1.82) is 0 Å². The third-order valence-electron chi connectivity index (χ3n) is 2.66. The molecule has 18 heavy (non-hydrogen) atoms. The maximum absolute atomic E-state index is 5.01. The van der Waals surface area contributed by atoms with Gasteiger partial charge in [0.2, 0.25) is 4.96 Å². The third-order valence-corrected chi connectivity index (χ3v) is 3.49. The highest BCUT2D eigenvalue weighted by atomic mass is 32.1. The maximum atomic E-state index is 5.01. The third kappa shape index (κ3) is 1.86. The fourth-order valence-corrected chi connectivity index (χ4v) is 2.62. The molecule has 3 rings (SSSR count). The van der Waals surface area contributed by atoms with E-state index in [1.54, 1.807) is 11.3 Å². The van der Waals surface area contributed by atoms with Gasteiger partial charge in [0, 0.05) is 6.07 Å². The molecule has 0 radical (unpaired) electrons. The SMILES string of the molecule is Cc1cc(NCc2c(C)nc3sc(C)nn23)no1. The summed E-state index contributed by atoms with van der Waals surface area (Å²) >= 11 is 1.59. The van der Waals surface area contributed by atoms with E-state index in [2.05, 4.69) is 20.6 Å². The van der Waals surface area contributed by atoms with Crippen LogP contribution in [0.5, 0.6) is 0 Å². The van der Waals surface area contributed by atoms with E-state index in [4.69, 9.17) is 4.52 Å². The molecule has 0 bridgehead atoms. The van der Waals surface area contributed by atoms with Crippen molar-refractivity contribution in [3.05, 3.63) is 28.2 Å².